The van der Waals surface area contributed by atoms with Gasteiger partial charge in [0.15, 0.2) is 5.78 Å². The first-order valence-corrected chi connectivity index (χ1v) is 6.08. The van der Waals surface area contributed by atoms with Gasteiger partial charge in [0.05, 0.1) is 5.56 Å². The topological polar surface area (TPSA) is 37.3 Å². The largest absolute Gasteiger partial charge is 0.507 e. The molecule has 0 saturated heterocycles. The van der Waals surface area contributed by atoms with E-state index in [0.29, 0.717) is 16.5 Å². The Morgan fingerprint density at radius 2 is 1.47 bits per heavy atom. The second kappa shape index (κ2) is 4.58. The lowest BCUT2D eigenvalue weighted by Crippen LogP contribution is -2.01. The number of phenols is 1. The SMILES string of the molecule is O=C(c1ccccc1)c1ccc2ccccc2c1O. The van der Waals surface area contributed by atoms with Crippen LogP contribution in [-0.4, -0.2) is 10.9 Å². The van der Waals surface area contributed by atoms with Gasteiger partial charge in [-0.1, -0.05) is 60.7 Å². The Hall–Kier alpha value is -2.61. The van der Waals surface area contributed by atoms with Crippen LogP contribution in [0.3, 0.4) is 0 Å². The monoisotopic (exact) mass is 248 g/mol. The van der Waals surface area contributed by atoms with E-state index in [-0.39, 0.29) is 11.5 Å². The van der Waals surface area contributed by atoms with Gasteiger partial charge in [0, 0.05) is 10.9 Å². The van der Waals surface area contributed by atoms with Crippen LogP contribution >= 0.6 is 0 Å². The Labute approximate surface area is 110 Å². The molecule has 2 heteroatoms. The fourth-order valence-electron chi connectivity index (χ4n) is 2.18. The Balaban J connectivity index is 2.16. The molecule has 0 unspecified atom stereocenters. The van der Waals surface area contributed by atoms with Crippen molar-refractivity contribution in [1.82, 2.24) is 0 Å². The molecule has 0 atom stereocenters. The lowest BCUT2D eigenvalue weighted by atomic mass is 9.98. The molecule has 0 spiro atoms. The highest BCUT2D eigenvalue weighted by Gasteiger charge is 2.14. The summed E-state index contributed by atoms with van der Waals surface area (Å²) in [5.41, 5.74) is 0.915. The fourth-order valence-corrected chi connectivity index (χ4v) is 2.18. The maximum absolute atomic E-state index is 12.4. The van der Waals surface area contributed by atoms with Crippen molar-refractivity contribution in [2.24, 2.45) is 0 Å². The highest BCUT2D eigenvalue weighted by Crippen LogP contribution is 2.29. The Morgan fingerprint density at radius 1 is 0.789 bits per heavy atom. The van der Waals surface area contributed by atoms with Crippen molar-refractivity contribution >= 4 is 16.6 Å². The van der Waals surface area contributed by atoms with Gasteiger partial charge < -0.3 is 5.11 Å². The number of benzene rings is 3. The summed E-state index contributed by atoms with van der Waals surface area (Å²) in [6.45, 7) is 0. The van der Waals surface area contributed by atoms with Gasteiger partial charge in [-0.3, -0.25) is 4.79 Å². The highest BCUT2D eigenvalue weighted by molar-refractivity contribution is 6.13. The molecule has 0 amide bonds. The molecule has 0 bridgehead atoms. The molecule has 19 heavy (non-hydrogen) atoms. The van der Waals surface area contributed by atoms with Gasteiger partial charge in [-0.2, -0.15) is 0 Å². The van der Waals surface area contributed by atoms with Crippen LogP contribution in [0.5, 0.6) is 5.75 Å². The molecule has 0 aromatic heterocycles. The molecule has 0 aliphatic carbocycles. The predicted molar refractivity (Wildman–Crippen MR) is 75.5 cm³/mol. The minimum Gasteiger partial charge on any atom is -0.507 e. The zero-order valence-electron chi connectivity index (χ0n) is 10.2. The van der Waals surface area contributed by atoms with Crippen molar-refractivity contribution in [2.75, 3.05) is 0 Å². The first kappa shape index (κ1) is 11.5. The first-order chi connectivity index (χ1) is 9.27. The minimum atomic E-state index is -0.163. The average molecular weight is 248 g/mol. The van der Waals surface area contributed by atoms with E-state index in [2.05, 4.69) is 0 Å². The molecule has 3 rings (SSSR count). The van der Waals surface area contributed by atoms with E-state index >= 15 is 0 Å². The van der Waals surface area contributed by atoms with Crippen LogP contribution in [0.4, 0.5) is 0 Å². The number of hydrogen-bond donors (Lipinski definition) is 1. The quantitative estimate of drug-likeness (QED) is 0.701. The summed E-state index contributed by atoms with van der Waals surface area (Å²) in [5.74, 6) is -0.115. The standard InChI is InChI=1S/C17H12O2/c18-16(13-7-2-1-3-8-13)15-11-10-12-6-4-5-9-14(12)17(15)19/h1-11,19H. The molecule has 3 aromatic rings. The maximum Gasteiger partial charge on any atom is 0.196 e. The number of ketones is 1. The second-order valence-corrected chi connectivity index (χ2v) is 4.38. The minimum absolute atomic E-state index is 0.0481. The number of hydrogen-bond acceptors (Lipinski definition) is 2. The summed E-state index contributed by atoms with van der Waals surface area (Å²) >= 11 is 0. The van der Waals surface area contributed by atoms with E-state index < -0.39 is 0 Å². The third-order valence-electron chi connectivity index (χ3n) is 3.18. The number of aromatic hydroxyl groups is 1. The third-order valence-corrected chi connectivity index (χ3v) is 3.18. The molecule has 92 valence electrons. The van der Waals surface area contributed by atoms with Crippen LogP contribution < -0.4 is 0 Å². The van der Waals surface area contributed by atoms with Gasteiger partial charge in [-0.05, 0) is 11.5 Å². The molecule has 0 aliphatic heterocycles. The summed E-state index contributed by atoms with van der Waals surface area (Å²) < 4.78 is 0. The number of rotatable bonds is 2. The van der Waals surface area contributed by atoms with Gasteiger partial charge in [0.25, 0.3) is 0 Å². The van der Waals surface area contributed by atoms with Crippen molar-refractivity contribution in [3.05, 3.63) is 77.9 Å². The Kier molecular flexibility index (Phi) is 2.76. The van der Waals surface area contributed by atoms with Gasteiger partial charge in [0.1, 0.15) is 5.75 Å². The summed E-state index contributed by atoms with van der Waals surface area (Å²) in [5, 5.41) is 11.9. The van der Waals surface area contributed by atoms with E-state index in [1.54, 1.807) is 18.2 Å². The fraction of sp³-hybridized carbons (Fsp3) is 0. The van der Waals surface area contributed by atoms with Crippen LogP contribution in [0, 0.1) is 0 Å². The van der Waals surface area contributed by atoms with Crippen molar-refractivity contribution in [2.45, 2.75) is 0 Å². The zero-order chi connectivity index (χ0) is 13.2. The molecule has 1 N–H and O–H groups in total. The van der Waals surface area contributed by atoms with Crippen molar-refractivity contribution in [1.29, 1.82) is 0 Å². The van der Waals surface area contributed by atoms with Crippen molar-refractivity contribution in [3.63, 3.8) is 0 Å². The molecule has 0 saturated carbocycles. The van der Waals surface area contributed by atoms with E-state index in [0.717, 1.165) is 5.39 Å². The normalized spacial score (nSPS) is 10.5. The first-order valence-electron chi connectivity index (χ1n) is 6.08. The van der Waals surface area contributed by atoms with Crippen LogP contribution in [0.15, 0.2) is 66.7 Å². The van der Waals surface area contributed by atoms with Gasteiger partial charge in [-0.15, -0.1) is 0 Å². The zero-order valence-corrected chi connectivity index (χ0v) is 10.2. The lowest BCUT2D eigenvalue weighted by Gasteiger charge is -2.07. The predicted octanol–water partition coefficient (Wildman–Crippen LogP) is 3.78. The Morgan fingerprint density at radius 3 is 2.26 bits per heavy atom. The molecule has 2 nitrogen and oxygen atoms in total. The van der Waals surface area contributed by atoms with Crippen LogP contribution in [0.2, 0.25) is 0 Å². The maximum atomic E-state index is 12.4. The van der Waals surface area contributed by atoms with Crippen LogP contribution in [0.25, 0.3) is 10.8 Å². The summed E-state index contributed by atoms with van der Waals surface area (Å²) in [6.07, 6.45) is 0. The molecular formula is C17H12O2. The van der Waals surface area contributed by atoms with Crippen molar-refractivity contribution < 1.29 is 9.90 Å². The van der Waals surface area contributed by atoms with E-state index in [4.69, 9.17) is 0 Å². The third kappa shape index (κ3) is 1.97. The van der Waals surface area contributed by atoms with E-state index in [1.165, 1.54) is 0 Å². The lowest BCUT2D eigenvalue weighted by molar-refractivity contribution is 0.103. The Bertz CT molecular complexity index is 746. The highest BCUT2D eigenvalue weighted by atomic mass is 16.3. The summed E-state index contributed by atoms with van der Waals surface area (Å²) in [6, 6.07) is 20.0. The van der Waals surface area contributed by atoms with Crippen LogP contribution in [0.1, 0.15) is 15.9 Å². The summed E-state index contributed by atoms with van der Waals surface area (Å²) in [4.78, 5) is 12.4. The molecule has 3 aromatic carbocycles. The number of carbonyl (C=O) groups excluding carboxylic acids is 1. The smallest absolute Gasteiger partial charge is 0.196 e. The van der Waals surface area contributed by atoms with Gasteiger partial charge in [0.2, 0.25) is 0 Å². The molecule has 0 radical (unpaired) electrons. The molecule has 0 fully saturated rings. The van der Waals surface area contributed by atoms with Crippen molar-refractivity contribution in [3.8, 4) is 5.75 Å². The van der Waals surface area contributed by atoms with E-state index in [9.17, 15) is 9.90 Å². The second-order valence-electron chi connectivity index (χ2n) is 4.38. The van der Waals surface area contributed by atoms with Crippen LogP contribution in [-0.2, 0) is 0 Å². The molecular weight excluding hydrogens is 236 g/mol. The average Bonchev–Trinajstić information content (AvgIpc) is 2.48. The number of fused-ring (bicyclic) bond motifs is 1. The molecule has 0 heterocycles. The van der Waals surface area contributed by atoms with E-state index in [1.807, 2.05) is 48.5 Å². The summed E-state index contributed by atoms with van der Waals surface area (Å²) in [7, 11) is 0. The number of phenolic OH excluding ortho intramolecular Hbond substituents is 1. The number of carbonyl (C=O) groups is 1. The van der Waals surface area contributed by atoms with Gasteiger partial charge >= 0.3 is 0 Å². The van der Waals surface area contributed by atoms with Gasteiger partial charge in [-0.25, -0.2) is 0 Å². The molecule has 0 aliphatic rings.